The van der Waals surface area contributed by atoms with E-state index in [-0.39, 0.29) is 22.8 Å². The maximum atomic E-state index is 13.5. The van der Waals surface area contributed by atoms with E-state index in [1.165, 1.54) is 11.1 Å². The molecule has 2 bridgehead atoms. The van der Waals surface area contributed by atoms with Gasteiger partial charge < -0.3 is 10.0 Å². The van der Waals surface area contributed by atoms with Crippen molar-refractivity contribution in [3.8, 4) is 5.75 Å². The van der Waals surface area contributed by atoms with Crippen molar-refractivity contribution in [3.05, 3.63) is 58.7 Å². The molecular formula is C24H26N2O2. The highest BCUT2D eigenvalue weighted by Crippen LogP contribution is 2.56. The molecule has 5 rings (SSSR count). The molecule has 28 heavy (non-hydrogen) atoms. The second kappa shape index (κ2) is 5.69. The van der Waals surface area contributed by atoms with E-state index in [1.807, 2.05) is 30.5 Å². The van der Waals surface area contributed by atoms with Crippen molar-refractivity contribution in [2.75, 3.05) is 6.54 Å². The molecule has 2 aromatic carbocycles. The summed E-state index contributed by atoms with van der Waals surface area (Å²) in [5, 5.41) is 10.0. The fraction of sp³-hybridized carbons (Fsp3) is 0.417. The zero-order valence-corrected chi connectivity index (χ0v) is 16.7. The summed E-state index contributed by atoms with van der Waals surface area (Å²) in [6.45, 7) is 7.67. The Balaban J connectivity index is 1.54. The third-order valence-corrected chi connectivity index (χ3v) is 7.71. The van der Waals surface area contributed by atoms with Gasteiger partial charge in [0.1, 0.15) is 5.75 Å². The monoisotopic (exact) mass is 374 g/mol. The van der Waals surface area contributed by atoms with Crippen molar-refractivity contribution >= 4 is 17.8 Å². The van der Waals surface area contributed by atoms with Crippen molar-refractivity contribution in [2.24, 2.45) is 10.4 Å². The summed E-state index contributed by atoms with van der Waals surface area (Å²) in [5.74, 6) is 0.412. The molecule has 4 nitrogen and oxygen atoms in total. The van der Waals surface area contributed by atoms with Crippen LogP contribution in [0.1, 0.15) is 54.2 Å². The van der Waals surface area contributed by atoms with Crippen LogP contribution in [0.15, 0.2) is 41.4 Å². The van der Waals surface area contributed by atoms with Crippen molar-refractivity contribution in [2.45, 2.75) is 51.5 Å². The van der Waals surface area contributed by atoms with Crippen LogP contribution in [0.5, 0.6) is 5.75 Å². The fourth-order valence-corrected chi connectivity index (χ4v) is 5.58. The predicted octanol–water partition coefficient (Wildman–Crippen LogP) is 4.41. The minimum atomic E-state index is -0.0509. The number of aromatic hydroxyl groups is 1. The number of phenolic OH excluding ortho intramolecular Hbond substituents is 1. The molecule has 1 aliphatic carbocycles. The number of carbonyl (C=O) groups is 1. The van der Waals surface area contributed by atoms with E-state index < -0.39 is 0 Å². The minimum absolute atomic E-state index is 0.0124. The van der Waals surface area contributed by atoms with E-state index >= 15 is 0 Å². The number of phenols is 1. The number of likely N-dealkylation sites (tertiary alicyclic amines) is 1. The molecule has 1 saturated heterocycles. The zero-order chi connectivity index (χ0) is 19.7. The van der Waals surface area contributed by atoms with Gasteiger partial charge in [-0.25, -0.2) is 0 Å². The fourth-order valence-electron chi connectivity index (χ4n) is 5.58. The van der Waals surface area contributed by atoms with Crippen LogP contribution in [-0.4, -0.2) is 34.7 Å². The molecule has 2 unspecified atom stereocenters. The maximum Gasteiger partial charge on any atom is 0.254 e. The first-order valence-electron chi connectivity index (χ1n) is 10.1. The molecule has 2 aliphatic heterocycles. The molecule has 3 aliphatic rings. The first-order valence-corrected chi connectivity index (χ1v) is 10.1. The summed E-state index contributed by atoms with van der Waals surface area (Å²) >= 11 is 0. The molecule has 1 fully saturated rings. The van der Waals surface area contributed by atoms with Gasteiger partial charge in [0.15, 0.2) is 0 Å². The van der Waals surface area contributed by atoms with Gasteiger partial charge in [-0.2, -0.15) is 0 Å². The third-order valence-electron chi connectivity index (χ3n) is 7.71. The molecule has 0 aromatic heterocycles. The Bertz CT molecular complexity index is 1020. The van der Waals surface area contributed by atoms with Crippen LogP contribution >= 0.6 is 0 Å². The Morgan fingerprint density at radius 2 is 1.96 bits per heavy atom. The van der Waals surface area contributed by atoms with E-state index in [4.69, 9.17) is 0 Å². The normalized spacial score (nSPS) is 26.7. The number of carbonyl (C=O) groups excluding carboxylic acids is 1. The van der Waals surface area contributed by atoms with Crippen LogP contribution in [0, 0.1) is 5.41 Å². The number of hydrogen-bond acceptors (Lipinski definition) is 3. The van der Waals surface area contributed by atoms with Crippen molar-refractivity contribution in [1.29, 1.82) is 0 Å². The molecule has 1 amide bonds. The first kappa shape index (κ1) is 17.5. The SMILES string of the molecule is CC12CCN(C(=O)c3ccc4c(c3)CC=N4)C(Cc3cc(O)ccc31)C2(C)C. The lowest BCUT2D eigenvalue weighted by Gasteiger charge is -2.60. The van der Waals surface area contributed by atoms with Gasteiger partial charge in [-0.05, 0) is 65.3 Å². The second-order valence-corrected chi connectivity index (χ2v) is 9.22. The Morgan fingerprint density at radius 3 is 2.79 bits per heavy atom. The highest BCUT2D eigenvalue weighted by atomic mass is 16.3. The van der Waals surface area contributed by atoms with Crippen LogP contribution in [0.25, 0.3) is 0 Å². The largest absolute Gasteiger partial charge is 0.508 e. The summed E-state index contributed by atoms with van der Waals surface area (Å²) in [6, 6.07) is 11.8. The molecule has 2 aromatic rings. The molecule has 0 spiro atoms. The quantitative estimate of drug-likeness (QED) is 0.804. The number of piperidine rings is 1. The molecular weight excluding hydrogens is 348 g/mol. The molecule has 2 atom stereocenters. The zero-order valence-electron chi connectivity index (χ0n) is 16.7. The van der Waals surface area contributed by atoms with Crippen molar-refractivity contribution in [3.63, 3.8) is 0 Å². The van der Waals surface area contributed by atoms with Crippen molar-refractivity contribution in [1.82, 2.24) is 4.90 Å². The molecule has 0 radical (unpaired) electrons. The van der Waals surface area contributed by atoms with E-state index in [9.17, 15) is 9.90 Å². The third kappa shape index (κ3) is 2.24. The van der Waals surface area contributed by atoms with Gasteiger partial charge >= 0.3 is 0 Å². The van der Waals surface area contributed by atoms with Crippen LogP contribution in [0.3, 0.4) is 0 Å². The minimum Gasteiger partial charge on any atom is -0.508 e. The van der Waals surface area contributed by atoms with Crippen LogP contribution in [-0.2, 0) is 18.3 Å². The lowest BCUT2D eigenvalue weighted by molar-refractivity contribution is -0.0262. The van der Waals surface area contributed by atoms with Gasteiger partial charge in [-0.15, -0.1) is 0 Å². The molecule has 144 valence electrons. The Hall–Kier alpha value is -2.62. The Morgan fingerprint density at radius 1 is 1.14 bits per heavy atom. The smallest absolute Gasteiger partial charge is 0.254 e. The van der Waals surface area contributed by atoms with Crippen LogP contribution in [0.4, 0.5) is 5.69 Å². The number of rotatable bonds is 1. The first-order chi connectivity index (χ1) is 13.3. The maximum absolute atomic E-state index is 13.5. The summed E-state index contributed by atoms with van der Waals surface area (Å²) in [6.07, 6.45) is 4.41. The second-order valence-electron chi connectivity index (χ2n) is 9.22. The molecule has 2 heterocycles. The number of hydrogen-bond donors (Lipinski definition) is 1. The highest BCUT2D eigenvalue weighted by molar-refractivity contribution is 5.96. The van der Waals surface area contributed by atoms with Gasteiger partial charge in [-0.3, -0.25) is 9.79 Å². The van der Waals surface area contributed by atoms with Gasteiger partial charge in [0.05, 0.1) is 5.69 Å². The predicted molar refractivity (Wildman–Crippen MR) is 111 cm³/mol. The van der Waals surface area contributed by atoms with Crippen LogP contribution in [0.2, 0.25) is 0 Å². The summed E-state index contributed by atoms with van der Waals surface area (Å²) < 4.78 is 0. The summed E-state index contributed by atoms with van der Waals surface area (Å²) in [7, 11) is 0. The topological polar surface area (TPSA) is 52.9 Å². The summed E-state index contributed by atoms with van der Waals surface area (Å²) in [4.78, 5) is 19.9. The van der Waals surface area contributed by atoms with Gasteiger partial charge in [0.25, 0.3) is 5.91 Å². The van der Waals surface area contributed by atoms with E-state index in [2.05, 4.69) is 36.7 Å². The average Bonchev–Trinajstić information content (AvgIpc) is 3.12. The van der Waals surface area contributed by atoms with Crippen molar-refractivity contribution < 1.29 is 9.90 Å². The number of benzene rings is 2. The molecule has 1 N–H and O–H groups in total. The lowest BCUT2D eigenvalue weighted by atomic mass is 9.51. The summed E-state index contributed by atoms with van der Waals surface area (Å²) in [5.41, 5.74) is 5.30. The van der Waals surface area contributed by atoms with Gasteiger partial charge in [-0.1, -0.05) is 26.8 Å². The van der Waals surface area contributed by atoms with E-state index in [0.29, 0.717) is 5.75 Å². The van der Waals surface area contributed by atoms with E-state index in [1.54, 1.807) is 6.07 Å². The number of nitrogens with zero attached hydrogens (tertiary/aromatic N) is 2. The number of amides is 1. The Labute approximate surface area is 165 Å². The number of aliphatic imine (C=N–C) groups is 1. The van der Waals surface area contributed by atoms with E-state index in [0.717, 1.165) is 42.6 Å². The standard InChI is InChI=1S/C24H26N2O2/c1-23(2)21-14-17-13-18(27)5-6-19(17)24(23,3)9-11-26(21)22(28)16-4-7-20-15(12-16)8-10-25-20/h4-7,10,12-13,21,27H,8-9,11,14H2,1-3H3. The van der Waals surface area contributed by atoms with Crippen LogP contribution < -0.4 is 0 Å². The number of fused-ring (bicyclic) bond motifs is 5. The van der Waals surface area contributed by atoms with Gasteiger partial charge in [0, 0.05) is 36.2 Å². The average molecular weight is 374 g/mol. The highest BCUT2D eigenvalue weighted by Gasteiger charge is 2.56. The Kier molecular flexibility index (Phi) is 3.55. The van der Waals surface area contributed by atoms with Gasteiger partial charge in [0.2, 0.25) is 0 Å². The molecule has 0 saturated carbocycles. The molecule has 4 heteroatoms. The lowest BCUT2D eigenvalue weighted by Crippen LogP contribution is -2.64.